The van der Waals surface area contributed by atoms with Crippen LogP contribution in [0.3, 0.4) is 0 Å². The van der Waals surface area contributed by atoms with E-state index < -0.39 is 15.7 Å². The molecule has 0 unspecified atom stereocenters. The highest BCUT2D eigenvalue weighted by atomic mass is 32.2. The molecule has 0 bridgehead atoms. The molecule has 0 radical (unpaired) electrons. The van der Waals surface area contributed by atoms with Crippen molar-refractivity contribution in [3.8, 4) is 0 Å². The topological polar surface area (TPSA) is 75.3 Å². The second kappa shape index (κ2) is 7.20. The number of hydrogen-bond donors (Lipinski definition) is 2. The summed E-state index contributed by atoms with van der Waals surface area (Å²) in [5.74, 6) is -0.694. The predicted molar refractivity (Wildman–Crippen MR) is 72.2 cm³/mol. The van der Waals surface area contributed by atoms with Crippen LogP contribution in [0.4, 0.5) is 10.1 Å². The minimum Gasteiger partial charge on any atom is -0.325 e. The Morgan fingerprint density at radius 1 is 1.37 bits per heavy atom. The fourth-order valence-electron chi connectivity index (χ4n) is 1.35. The second-order valence-electron chi connectivity index (χ2n) is 3.97. The molecule has 0 saturated carbocycles. The fraction of sp³-hybridized carbons (Fsp3) is 0.417. The zero-order valence-corrected chi connectivity index (χ0v) is 11.5. The first-order chi connectivity index (χ1) is 8.93. The molecular formula is C12H17FN2O3S. The number of carbonyl (C=O) groups excluding carboxylic acids is 1. The lowest BCUT2D eigenvalue weighted by Gasteiger charge is -2.06. The van der Waals surface area contributed by atoms with Gasteiger partial charge in [0.2, 0.25) is 5.91 Å². The quantitative estimate of drug-likeness (QED) is 0.727. The Balaban J connectivity index is 2.29. The highest BCUT2D eigenvalue weighted by Crippen LogP contribution is 2.08. The number of sulfone groups is 1. The Hall–Kier alpha value is -1.47. The molecule has 19 heavy (non-hydrogen) atoms. The second-order valence-corrected chi connectivity index (χ2v) is 6.44. The molecule has 2 N–H and O–H groups in total. The van der Waals surface area contributed by atoms with Gasteiger partial charge < -0.3 is 10.6 Å². The lowest BCUT2D eigenvalue weighted by atomic mass is 10.3. The van der Waals surface area contributed by atoms with Gasteiger partial charge in [-0.3, -0.25) is 4.79 Å². The number of halogens is 1. The Morgan fingerprint density at radius 3 is 2.74 bits per heavy atom. The van der Waals surface area contributed by atoms with E-state index in [1.165, 1.54) is 18.2 Å². The van der Waals surface area contributed by atoms with E-state index in [0.717, 1.165) is 0 Å². The van der Waals surface area contributed by atoms with Gasteiger partial charge in [0.1, 0.15) is 5.82 Å². The minimum absolute atomic E-state index is 0.00323. The van der Waals surface area contributed by atoms with E-state index in [2.05, 4.69) is 10.6 Å². The Kier molecular flexibility index (Phi) is 5.91. The molecule has 0 aromatic heterocycles. The van der Waals surface area contributed by atoms with Crippen molar-refractivity contribution >= 4 is 21.4 Å². The zero-order chi connectivity index (χ0) is 14.3. The molecule has 7 heteroatoms. The van der Waals surface area contributed by atoms with E-state index in [9.17, 15) is 17.6 Å². The monoisotopic (exact) mass is 288 g/mol. The van der Waals surface area contributed by atoms with E-state index in [1.54, 1.807) is 13.0 Å². The molecule has 5 nitrogen and oxygen atoms in total. The number of rotatable bonds is 7. The van der Waals surface area contributed by atoms with Crippen LogP contribution < -0.4 is 10.6 Å². The summed E-state index contributed by atoms with van der Waals surface area (Å²) in [7, 11) is -3.03. The number of benzene rings is 1. The van der Waals surface area contributed by atoms with Crippen LogP contribution in [0.2, 0.25) is 0 Å². The lowest BCUT2D eigenvalue weighted by Crippen LogP contribution is -2.31. The Labute approximate surface area is 112 Å². The molecule has 1 aromatic rings. The molecule has 0 fully saturated rings. The first kappa shape index (κ1) is 15.6. The molecule has 1 amide bonds. The normalized spacial score (nSPS) is 11.3. The summed E-state index contributed by atoms with van der Waals surface area (Å²) >= 11 is 0. The van der Waals surface area contributed by atoms with Crippen LogP contribution in [-0.4, -0.2) is 38.9 Å². The van der Waals surface area contributed by atoms with Crippen LogP contribution >= 0.6 is 0 Å². The lowest BCUT2D eigenvalue weighted by molar-refractivity contribution is -0.115. The summed E-state index contributed by atoms with van der Waals surface area (Å²) in [6, 6.07) is 5.55. The molecule has 1 rings (SSSR count). The summed E-state index contributed by atoms with van der Waals surface area (Å²) in [5.41, 5.74) is 0.368. The van der Waals surface area contributed by atoms with Crippen LogP contribution in [0.25, 0.3) is 0 Å². The Bertz CT molecular complexity index is 532. The summed E-state index contributed by atoms with van der Waals surface area (Å²) < 4.78 is 35.2. The van der Waals surface area contributed by atoms with Crippen LogP contribution in [-0.2, 0) is 14.6 Å². The van der Waals surface area contributed by atoms with Gasteiger partial charge >= 0.3 is 0 Å². The Morgan fingerprint density at radius 2 is 2.11 bits per heavy atom. The number of carbonyl (C=O) groups is 1. The van der Waals surface area contributed by atoms with E-state index in [4.69, 9.17) is 0 Å². The standard InChI is InChI=1S/C12H17FN2O3S/c1-2-19(17,18)7-6-14-9-12(16)15-11-5-3-4-10(13)8-11/h3-5,8,14H,2,6-7,9H2,1H3,(H,15,16). The number of anilines is 1. The molecule has 0 heterocycles. The molecule has 0 aliphatic carbocycles. The fourth-order valence-corrected chi connectivity index (χ4v) is 2.09. The van der Waals surface area contributed by atoms with E-state index in [0.29, 0.717) is 5.69 Å². The molecule has 0 spiro atoms. The summed E-state index contributed by atoms with van der Waals surface area (Å²) in [4.78, 5) is 11.5. The van der Waals surface area contributed by atoms with Crippen LogP contribution in [0.1, 0.15) is 6.92 Å². The molecular weight excluding hydrogens is 271 g/mol. The van der Waals surface area contributed by atoms with Gasteiger partial charge in [-0.05, 0) is 18.2 Å². The van der Waals surface area contributed by atoms with Gasteiger partial charge in [0.15, 0.2) is 9.84 Å². The van der Waals surface area contributed by atoms with Crippen molar-refractivity contribution < 1.29 is 17.6 Å². The van der Waals surface area contributed by atoms with Crippen molar-refractivity contribution in [3.05, 3.63) is 30.1 Å². The van der Waals surface area contributed by atoms with Crippen molar-refractivity contribution in [2.45, 2.75) is 6.92 Å². The van der Waals surface area contributed by atoms with Crippen LogP contribution in [0, 0.1) is 5.82 Å². The number of hydrogen-bond acceptors (Lipinski definition) is 4. The maximum Gasteiger partial charge on any atom is 0.238 e. The molecule has 106 valence electrons. The summed E-state index contributed by atoms with van der Waals surface area (Å²) in [6.45, 7) is 1.77. The number of nitrogens with one attached hydrogen (secondary N) is 2. The van der Waals surface area contributed by atoms with Crippen LogP contribution in [0.5, 0.6) is 0 Å². The molecule has 0 aliphatic rings. The van der Waals surface area contributed by atoms with Gasteiger partial charge in [0.05, 0.1) is 12.3 Å². The number of amides is 1. The molecule has 0 saturated heterocycles. The SMILES string of the molecule is CCS(=O)(=O)CCNCC(=O)Nc1cccc(F)c1. The predicted octanol–water partition coefficient (Wildman–Crippen LogP) is 0.789. The third-order valence-electron chi connectivity index (χ3n) is 2.42. The summed E-state index contributed by atoms with van der Waals surface area (Å²) in [5, 5.41) is 5.23. The molecule has 0 aliphatic heterocycles. The van der Waals surface area contributed by atoms with Crippen molar-refractivity contribution in [1.82, 2.24) is 5.32 Å². The van der Waals surface area contributed by atoms with Gasteiger partial charge in [0, 0.05) is 18.0 Å². The first-order valence-electron chi connectivity index (χ1n) is 5.89. The average Bonchev–Trinajstić information content (AvgIpc) is 2.35. The van der Waals surface area contributed by atoms with Gasteiger partial charge in [0.25, 0.3) is 0 Å². The van der Waals surface area contributed by atoms with Crippen molar-refractivity contribution in [2.24, 2.45) is 0 Å². The van der Waals surface area contributed by atoms with Gasteiger partial charge in [-0.2, -0.15) is 0 Å². The maximum absolute atomic E-state index is 12.9. The van der Waals surface area contributed by atoms with Gasteiger partial charge in [-0.1, -0.05) is 13.0 Å². The van der Waals surface area contributed by atoms with Crippen molar-refractivity contribution in [1.29, 1.82) is 0 Å². The van der Waals surface area contributed by atoms with Crippen LogP contribution in [0.15, 0.2) is 24.3 Å². The highest BCUT2D eigenvalue weighted by Gasteiger charge is 2.07. The largest absolute Gasteiger partial charge is 0.325 e. The third kappa shape index (κ3) is 6.30. The maximum atomic E-state index is 12.9. The zero-order valence-electron chi connectivity index (χ0n) is 10.6. The smallest absolute Gasteiger partial charge is 0.238 e. The van der Waals surface area contributed by atoms with E-state index >= 15 is 0 Å². The highest BCUT2D eigenvalue weighted by molar-refractivity contribution is 7.91. The van der Waals surface area contributed by atoms with Gasteiger partial charge in [-0.15, -0.1) is 0 Å². The van der Waals surface area contributed by atoms with Crippen molar-refractivity contribution in [3.63, 3.8) is 0 Å². The van der Waals surface area contributed by atoms with Gasteiger partial charge in [-0.25, -0.2) is 12.8 Å². The minimum atomic E-state index is -3.03. The molecule has 1 aromatic carbocycles. The average molecular weight is 288 g/mol. The van der Waals surface area contributed by atoms with E-state index in [1.807, 2.05) is 0 Å². The van der Waals surface area contributed by atoms with Crippen molar-refractivity contribution in [2.75, 3.05) is 29.9 Å². The molecule has 0 atom stereocenters. The summed E-state index contributed by atoms with van der Waals surface area (Å²) in [6.07, 6.45) is 0. The third-order valence-corrected chi connectivity index (χ3v) is 4.13. The first-order valence-corrected chi connectivity index (χ1v) is 7.71. The van der Waals surface area contributed by atoms with E-state index in [-0.39, 0.29) is 30.5 Å².